The standard InChI is InChI=1S/C13H16ClN5O/c14-10-2-1-3-11(8-10)18-4-6-19(7-5-18)13-17-16-12(9-15)20-13/h1-3,8H,4-7,9,15H2. The largest absolute Gasteiger partial charge is 0.407 e. The van der Waals surface area contributed by atoms with Gasteiger partial charge in [-0.1, -0.05) is 22.8 Å². The fraction of sp³-hybridized carbons (Fsp3) is 0.385. The van der Waals surface area contributed by atoms with Crippen molar-refractivity contribution in [3.63, 3.8) is 0 Å². The Labute approximate surface area is 122 Å². The number of rotatable bonds is 3. The Kier molecular flexibility index (Phi) is 3.75. The van der Waals surface area contributed by atoms with E-state index in [9.17, 15) is 0 Å². The van der Waals surface area contributed by atoms with Crippen LogP contribution in [0.15, 0.2) is 28.7 Å². The van der Waals surface area contributed by atoms with E-state index in [1.54, 1.807) is 0 Å². The van der Waals surface area contributed by atoms with Crippen molar-refractivity contribution in [2.75, 3.05) is 36.0 Å². The molecule has 2 heterocycles. The number of nitrogens with zero attached hydrogens (tertiary/aromatic N) is 4. The minimum Gasteiger partial charge on any atom is -0.407 e. The van der Waals surface area contributed by atoms with E-state index in [2.05, 4.69) is 26.1 Å². The lowest BCUT2D eigenvalue weighted by Gasteiger charge is -2.35. The molecule has 1 saturated heterocycles. The van der Waals surface area contributed by atoms with E-state index in [0.29, 0.717) is 11.9 Å². The molecule has 1 aliphatic rings. The molecule has 2 N–H and O–H groups in total. The number of benzene rings is 1. The molecule has 0 unspecified atom stereocenters. The molecule has 1 aromatic carbocycles. The number of hydrogen-bond donors (Lipinski definition) is 1. The number of anilines is 2. The van der Waals surface area contributed by atoms with Crippen LogP contribution in [0, 0.1) is 0 Å². The number of nitrogens with two attached hydrogens (primary N) is 1. The van der Waals surface area contributed by atoms with Crippen molar-refractivity contribution in [3.8, 4) is 0 Å². The zero-order valence-electron chi connectivity index (χ0n) is 11.0. The lowest BCUT2D eigenvalue weighted by Crippen LogP contribution is -2.46. The third-order valence-corrected chi connectivity index (χ3v) is 3.59. The van der Waals surface area contributed by atoms with E-state index in [0.717, 1.165) is 36.9 Å². The van der Waals surface area contributed by atoms with Gasteiger partial charge in [0.2, 0.25) is 5.89 Å². The van der Waals surface area contributed by atoms with Crippen molar-refractivity contribution in [2.24, 2.45) is 5.73 Å². The molecule has 0 saturated carbocycles. The van der Waals surface area contributed by atoms with Crippen molar-refractivity contribution >= 4 is 23.3 Å². The van der Waals surface area contributed by atoms with Crippen LogP contribution in [0.1, 0.15) is 5.89 Å². The van der Waals surface area contributed by atoms with Crippen molar-refractivity contribution in [1.29, 1.82) is 0 Å². The number of piperazine rings is 1. The van der Waals surface area contributed by atoms with Gasteiger partial charge in [0.05, 0.1) is 6.54 Å². The highest BCUT2D eigenvalue weighted by Gasteiger charge is 2.21. The zero-order chi connectivity index (χ0) is 13.9. The number of aromatic nitrogens is 2. The Bertz CT molecular complexity index is 580. The van der Waals surface area contributed by atoms with Crippen LogP contribution < -0.4 is 15.5 Å². The number of hydrogen-bond acceptors (Lipinski definition) is 6. The summed E-state index contributed by atoms with van der Waals surface area (Å²) in [6.45, 7) is 3.72. The van der Waals surface area contributed by atoms with Gasteiger partial charge in [0.15, 0.2) is 0 Å². The van der Waals surface area contributed by atoms with Crippen molar-refractivity contribution in [3.05, 3.63) is 35.2 Å². The van der Waals surface area contributed by atoms with Crippen molar-refractivity contribution < 1.29 is 4.42 Å². The summed E-state index contributed by atoms with van der Waals surface area (Å²) < 4.78 is 5.47. The van der Waals surface area contributed by atoms with Gasteiger partial charge in [0.25, 0.3) is 0 Å². The van der Waals surface area contributed by atoms with E-state index in [1.807, 2.05) is 18.2 Å². The van der Waals surface area contributed by atoms with Crippen LogP contribution in [-0.4, -0.2) is 36.4 Å². The fourth-order valence-corrected chi connectivity index (χ4v) is 2.47. The van der Waals surface area contributed by atoms with Gasteiger partial charge in [-0.2, -0.15) is 0 Å². The van der Waals surface area contributed by atoms with E-state index < -0.39 is 0 Å². The Balaban J connectivity index is 1.64. The van der Waals surface area contributed by atoms with Gasteiger partial charge in [-0.05, 0) is 18.2 Å². The normalized spacial score (nSPS) is 15.7. The van der Waals surface area contributed by atoms with Gasteiger partial charge in [0.1, 0.15) is 0 Å². The van der Waals surface area contributed by atoms with Gasteiger partial charge in [-0.25, -0.2) is 0 Å². The van der Waals surface area contributed by atoms with Crippen LogP contribution in [0.2, 0.25) is 5.02 Å². The molecule has 6 nitrogen and oxygen atoms in total. The summed E-state index contributed by atoms with van der Waals surface area (Å²) in [6, 6.07) is 8.46. The molecule has 0 radical (unpaired) electrons. The van der Waals surface area contributed by atoms with Gasteiger partial charge in [-0.3, -0.25) is 0 Å². The topological polar surface area (TPSA) is 71.4 Å². The summed E-state index contributed by atoms with van der Waals surface area (Å²) in [5, 5.41) is 8.66. The molecule has 0 amide bonds. The second-order valence-electron chi connectivity index (χ2n) is 4.64. The second kappa shape index (κ2) is 5.68. The Morgan fingerprint density at radius 1 is 1.15 bits per heavy atom. The monoisotopic (exact) mass is 293 g/mol. The highest BCUT2D eigenvalue weighted by atomic mass is 35.5. The van der Waals surface area contributed by atoms with E-state index in [-0.39, 0.29) is 6.54 Å². The quantitative estimate of drug-likeness (QED) is 0.925. The molecule has 1 aromatic heterocycles. The summed E-state index contributed by atoms with van der Waals surface area (Å²) in [4.78, 5) is 4.37. The maximum absolute atomic E-state index is 6.03. The zero-order valence-corrected chi connectivity index (χ0v) is 11.8. The highest BCUT2D eigenvalue weighted by Crippen LogP contribution is 2.22. The predicted octanol–water partition coefficient (Wildman–Crippen LogP) is 1.51. The summed E-state index contributed by atoms with van der Waals surface area (Å²) in [5.41, 5.74) is 6.61. The molecule has 7 heteroatoms. The molecule has 0 bridgehead atoms. The smallest absolute Gasteiger partial charge is 0.318 e. The molecule has 1 fully saturated rings. The summed E-state index contributed by atoms with van der Waals surface area (Å²) in [7, 11) is 0. The maximum atomic E-state index is 6.03. The Morgan fingerprint density at radius 2 is 1.90 bits per heavy atom. The molecule has 0 atom stereocenters. The van der Waals surface area contributed by atoms with E-state index >= 15 is 0 Å². The Hall–Kier alpha value is -1.79. The van der Waals surface area contributed by atoms with Crippen LogP contribution in [-0.2, 0) is 6.54 Å². The molecule has 106 valence electrons. The van der Waals surface area contributed by atoms with Crippen molar-refractivity contribution in [1.82, 2.24) is 10.2 Å². The molecule has 2 aromatic rings. The lowest BCUT2D eigenvalue weighted by molar-refractivity contribution is 0.476. The first kappa shape index (κ1) is 13.2. The van der Waals surface area contributed by atoms with Crippen LogP contribution >= 0.6 is 11.6 Å². The third kappa shape index (κ3) is 2.71. The van der Waals surface area contributed by atoms with Crippen LogP contribution in [0.3, 0.4) is 0 Å². The first-order valence-electron chi connectivity index (χ1n) is 6.54. The summed E-state index contributed by atoms with van der Waals surface area (Å²) in [6.07, 6.45) is 0. The minimum atomic E-state index is 0.273. The first-order chi connectivity index (χ1) is 9.76. The maximum Gasteiger partial charge on any atom is 0.318 e. The molecule has 0 aliphatic carbocycles. The van der Waals surface area contributed by atoms with E-state index in [4.69, 9.17) is 21.8 Å². The van der Waals surface area contributed by atoms with Gasteiger partial charge in [-0.15, -0.1) is 5.10 Å². The molecule has 1 aliphatic heterocycles. The van der Waals surface area contributed by atoms with Gasteiger partial charge in [0, 0.05) is 36.9 Å². The van der Waals surface area contributed by atoms with Crippen LogP contribution in [0.4, 0.5) is 11.7 Å². The van der Waals surface area contributed by atoms with E-state index in [1.165, 1.54) is 0 Å². The SMILES string of the molecule is NCc1nnc(N2CCN(c3cccc(Cl)c3)CC2)o1. The van der Waals surface area contributed by atoms with Gasteiger partial charge >= 0.3 is 6.01 Å². The van der Waals surface area contributed by atoms with Crippen LogP contribution in [0.25, 0.3) is 0 Å². The van der Waals surface area contributed by atoms with Crippen LogP contribution in [0.5, 0.6) is 0 Å². The average Bonchev–Trinajstić information content (AvgIpc) is 2.96. The Morgan fingerprint density at radius 3 is 2.55 bits per heavy atom. The van der Waals surface area contributed by atoms with Crippen molar-refractivity contribution in [2.45, 2.75) is 6.54 Å². The average molecular weight is 294 g/mol. The molecular formula is C13H16ClN5O. The molecule has 3 rings (SSSR count). The first-order valence-corrected chi connectivity index (χ1v) is 6.92. The molecule has 0 spiro atoms. The minimum absolute atomic E-state index is 0.273. The second-order valence-corrected chi connectivity index (χ2v) is 5.07. The highest BCUT2D eigenvalue weighted by molar-refractivity contribution is 6.30. The third-order valence-electron chi connectivity index (χ3n) is 3.35. The lowest BCUT2D eigenvalue weighted by atomic mass is 10.2. The van der Waals surface area contributed by atoms with Gasteiger partial charge < -0.3 is 20.0 Å². The molecular weight excluding hydrogens is 278 g/mol. The predicted molar refractivity (Wildman–Crippen MR) is 78.1 cm³/mol. The fourth-order valence-electron chi connectivity index (χ4n) is 2.28. The summed E-state index contributed by atoms with van der Waals surface area (Å²) >= 11 is 6.03. The molecule has 20 heavy (non-hydrogen) atoms. The summed E-state index contributed by atoms with van der Waals surface area (Å²) in [5.74, 6) is 0.470. The number of halogens is 1.